The van der Waals surface area contributed by atoms with Crippen molar-refractivity contribution in [3.8, 4) is 0 Å². The molecule has 83 heavy (non-hydrogen) atoms. The van der Waals surface area contributed by atoms with Crippen LogP contribution < -0.4 is 24.2 Å². The maximum atomic E-state index is 12.3. The molecule has 0 radical (unpaired) electrons. The van der Waals surface area contributed by atoms with E-state index >= 15 is 0 Å². The smallest absolute Gasteiger partial charge is 1.00 e. The molecule has 8 rings (SSSR count). The fraction of sp³-hybridized carbons (Fsp3) is 0.491. The summed E-state index contributed by atoms with van der Waals surface area (Å²) in [6, 6.07) is 19.0. The molecule has 26 heteroatoms. The van der Waals surface area contributed by atoms with Crippen LogP contribution in [0.25, 0.3) is 0 Å². The zero-order valence-corrected chi connectivity index (χ0v) is 43.7. The molecule has 0 spiro atoms. The van der Waals surface area contributed by atoms with Gasteiger partial charge in [0.15, 0.2) is 17.4 Å². The third-order valence-corrected chi connectivity index (χ3v) is 12.9. The maximum Gasteiger partial charge on any atom is 1.00 e. The van der Waals surface area contributed by atoms with Gasteiger partial charge in [0.2, 0.25) is 11.8 Å². The van der Waals surface area contributed by atoms with Crippen LogP contribution >= 0.6 is 0 Å². The summed E-state index contributed by atoms with van der Waals surface area (Å²) in [7, 11) is 0. The second-order valence-electron chi connectivity index (χ2n) is 18.0. The van der Waals surface area contributed by atoms with Crippen molar-refractivity contribution in [3.05, 3.63) is 106 Å². The zero-order valence-electron chi connectivity index (χ0n) is 44.7. The van der Waals surface area contributed by atoms with Crippen LogP contribution in [0.4, 0.5) is 0 Å². The van der Waals surface area contributed by atoms with E-state index < -0.39 is 59.7 Å². The van der Waals surface area contributed by atoms with Crippen LogP contribution in [0.1, 0.15) is 146 Å². The maximum absolute atomic E-state index is 12.3. The van der Waals surface area contributed by atoms with Crippen molar-refractivity contribution >= 4 is 82.5 Å². The van der Waals surface area contributed by atoms with E-state index in [-0.39, 0.29) is 156 Å². The molecule has 0 saturated carbocycles. The van der Waals surface area contributed by atoms with Crippen LogP contribution in [0.5, 0.6) is 0 Å². The Hall–Kier alpha value is -6.64. The normalized spacial score (nSPS) is 17.5. The number of unbranched alkanes of at least 4 members (excludes halogenated alkanes) is 2. The van der Waals surface area contributed by atoms with Crippen molar-refractivity contribution in [1.29, 1.82) is 0 Å². The molecule has 8 amide bonds. The number of nitrogens with zero attached hydrogens (tertiary/aromatic N) is 5. The molecule has 5 aliphatic heterocycles. The van der Waals surface area contributed by atoms with Gasteiger partial charge in [-0.1, -0.05) is 72.5 Å². The number of carboxylic acid groups (broad SMARTS) is 1. The van der Waals surface area contributed by atoms with Crippen LogP contribution in [-0.2, 0) is 33.4 Å². The predicted octanol–water partition coefficient (Wildman–Crippen LogP) is -1.17. The van der Waals surface area contributed by atoms with E-state index in [2.05, 4.69) is 10.1 Å². The number of nitrogens with one attached hydrogen (secondary N) is 1. The number of carbonyl (C=O) groups is 11. The number of hydrogen-bond acceptors (Lipinski definition) is 18. The fourth-order valence-corrected chi connectivity index (χ4v) is 8.82. The van der Waals surface area contributed by atoms with Gasteiger partial charge in [0.25, 0.3) is 35.4 Å². The molecule has 5 heterocycles. The van der Waals surface area contributed by atoms with Gasteiger partial charge in [-0.3, -0.25) is 67.4 Å². The van der Waals surface area contributed by atoms with Gasteiger partial charge in [0.1, 0.15) is 13.1 Å². The number of fused-ring (bicyclic) bond motifs is 3. The number of imide groups is 3. The Morgan fingerprint density at radius 1 is 0.578 bits per heavy atom. The van der Waals surface area contributed by atoms with Crippen LogP contribution in [0, 0.1) is 5.92 Å². The third kappa shape index (κ3) is 20.6. The summed E-state index contributed by atoms with van der Waals surface area (Å²) in [6.07, 6.45) is 1.11. The first-order chi connectivity index (χ1) is 36.9. The summed E-state index contributed by atoms with van der Waals surface area (Å²) in [4.78, 5) is 135. The first kappa shape index (κ1) is 78.4. The van der Waals surface area contributed by atoms with Crippen molar-refractivity contribution in [2.75, 3.05) is 78.8 Å². The minimum absolute atomic E-state index is 0. The number of rotatable bonds is 19. The van der Waals surface area contributed by atoms with Crippen LogP contribution in [0.2, 0.25) is 0 Å². The van der Waals surface area contributed by atoms with Crippen LogP contribution in [0.3, 0.4) is 0 Å². The quantitative estimate of drug-likeness (QED) is 0.0356. The Labute approximate surface area is 509 Å². The summed E-state index contributed by atoms with van der Waals surface area (Å²) in [6.45, 7) is 4.51. The zero-order chi connectivity index (χ0) is 56.3. The number of carbonyl (C=O) groups excluding carboxylic acids is 10. The summed E-state index contributed by atoms with van der Waals surface area (Å²) in [5, 5.41) is 49.1. The third-order valence-electron chi connectivity index (χ3n) is 12.9. The summed E-state index contributed by atoms with van der Waals surface area (Å²) < 4.78 is 9.38. The van der Waals surface area contributed by atoms with E-state index in [0.717, 1.165) is 9.80 Å². The van der Waals surface area contributed by atoms with Crippen molar-refractivity contribution in [2.24, 2.45) is 5.92 Å². The van der Waals surface area contributed by atoms with E-state index in [1.807, 2.05) is 0 Å². The minimum atomic E-state index is -0.819. The van der Waals surface area contributed by atoms with Crippen molar-refractivity contribution in [3.63, 3.8) is 0 Å². The second-order valence-corrected chi connectivity index (χ2v) is 18.0. The Morgan fingerprint density at radius 3 is 1.40 bits per heavy atom. The molecule has 0 aliphatic carbocycles. The molecule has 2 saturated heterocycles. The van der Waals surface area contributed by atoms with Gasteiger partial charge in [-0.2, -0.15) is 0 Å². The molecule has 4 atom stereocenters. The molecule has 24 nitrogen and oxygen atoms in total. The van der Waals surface area contributed by atoms with E-state index in [9.17, 15) is 68.1 Å². The molecule has 0 unspecified atom stereocenters. The number of esters is 2. The fourth-order valence-electron chi connectivity index (χ4n) is 8.82. The van der Waals surface area contributed by atoms with Gasteiger partial charge >= 0.3 is 36.8 Å². The monoisotopic (exact) mass is 1170 g/mol. The van der Waals surface area contributed by atoms with Crippen molar-refractivity contribution in [2.45, 2.75) is 100 Å². The number of ether oxygens (including phenoxy) is 2. The molecule has 2 fully saturated rings. The van der Waals surface area contributed by atoms with Gasteiger partial charge in [-0.05, 0) is 69.5 Å². The Morgan fingerprint density at radius 2 is 1.00 bits per heavy atom. The standard InChI is InChI=1S/2C15H16N2O5.C14H15NO4.C9H17NO4.4CH4.Al.Li.4H/c18-8-9-5-16(6-12(9)19)13(20)7-17-14(21)10-3-1-2-4-11(10)15(17)22;18-8-11-12(19)5-6-16(11)13(20)7-17-14(21)9-3-1-2-4-10(9)15(17)22;16-12(17)8-2-1-5-9-15-13(18)10-6-3-4-7-11(10)14(15)19;1-3-13-8(11)5-6-10-7-9(12)14-4-2;;;;;;;;;;/h1-4,9,12,18-19H,5-8H2;1-4,11-12,18-19H,5-8H2;3-4,6-7H,1-2,5,8-9H2,(H,16,17);10H,3-7H2,1-2H3;4*1H4;;;;;;/q;;;;;;;;;+1;;;;-1/t9-,12-;11-,12-;;;;;;;;;;;;/m01............/s1. The molecular weight excluding hydrogens is 1090 g/mol. The topological polar surface area (TPSA) is 336 Å². The van der Waals surface area contributed by atoms with Crippen LogP contribution in [-0.4, -0.2) is 230 Å². The Balaban J connectivity index is -0.00000103. The van der Waals surface area contributed by atoms with Gasteiger partial charge in [-0.25, -0.2) is 0 Å². The van der Waals surface area contributed by atoms with Crippen molar-refractivity contribution < 1.29 is 108 Å². The largest absolute Gasteiger partial charge is 1.00 e. The molecule has 5 aliphatic rings. The number of amides is 8. The number of likely N-dealkylation sites (tertiary alicyclic amines) is 2. The number of carboxylic acids is 1. The number of aliphatic hydroxyl groups is 4. The summed E-state index contributed by atoms with van der Waals surface area (Å²) >= 11 is 0. The molecule has 0 bridgehead atoms. The molecule has 0 aromatic heterocycles. The SMILES string of the molecule is C.C.C.C.CCOC(=O)CCNCC(=O)OCC.O=C(CN1C(=O)c2ccccc2C1=O)N1C[C@@H](CO)[C@@H](O)C1.O=C(O)CCCCCN1C(=O)c2ccccc2C1=O.O=C1c2ccccc2C(=O)N1CC(=O)N1CC[C@@H](O)[C@H]1CO.[AlH3].[H-].[Li+]. The first-order valence-corrected chi connectivity index (χ1v) is 25.1. The summed E-state index contributed by atoms with van der Waals surface area (Å²) in [5.74, 6) is -5.08. The summed E-state index contributed by atoms with van der Waals surface area (Å²) in [5.41, 5.74) is 2.10. The molecular formula is C57H84AlLiN6O18. The minimum Gasteiger partial charge on any atom is -1.00 e. The number of aliphatic carboxylic acids is 1. The first-order valence-electron chi connectivity index (χ1n) is 25.1. The second kappa shape index (κ2) is 38.3. The number of hydrogen-bond donors (Lipinski definition) is 6. The van der Waals surface area contributed by atoms with E-state index in [1.54, 1.807) is 86.6 Å². The predicted molar refractivity (Wildman–Crippen MR) is 307 cm³/mol. The van der Waals surface area contributed by atoms with E-state index in [1.165, 1.54) is 14.7 Å². The average molecular weight is 1180 g/mol. The molecule has 6 N–H and O–H groups in total. The van der Waals surface area contributed by atoms with Gasteiger partial charge in [-0.15, -0.1) is 0 Å². The Kier molecular flexibility index (Phi) is 36.2. The molecule has 3 aromatic rings. The number of aliphatic hydroxyl groups excluding tert-OH is 4. The molecule has 3 aromatic carbocycles. The number of β-amino-alcohol motifs (C(OH)–C–C–N with tert-alkyl or cyclic N) is 1. The van der Waals surface area contributed by atoms with Gasteiger partial charge in [0.05, 0.1) is 91.0 Å². The van der Waals surface area contributed by atoms with Gasteiger partial charge < -0.3 is 51.5 Å². The van der Waals surface area contributed by atoms with Gasteiger partial charge in [0, 0.05) is 45.1 Å². The van der Waals surface area contributed by atoms with E-state index in [0.29, 0.717) is 91.9 Å². The number of benzene rings is 3. The van der Waals surface area contributed by atoms with Crippen molar-refractivity contribution in [1.82, 2.24) is 29.8 Å². The van der Waals surface area contributed by atoms with Crippen LogP contribution in [0.15, 0.2) is 72.8 Å². The average Bonchev–Trinajstić information content (AvgIpc) is 4.21. The molecule has 454 valence electrons. The Bertz CT molecular complexity index is 2580. The van der Waals surface area contributed by atoms with E-state index in [4.69, 9.17) is 14.9 Å².